The van der Waals surface area contributed by atoms with Gasteiger partial charge < -0.3 is 10.6 Å². The van der Waals surface area contributed by atoms with Gasteiger partial charge in [-0.15, -0.1) is 0 Å². The number of hydrogen-bond acceptors (Lipinski definition) is 2. The highest BCUT2D eigenvalue weighted by molar-refractivity contribution is 5.95. The molecule has 20 heavy (non-hydrogen) atoms. The van der Waals surface area contributed by atoms with Gasteiger partial charge in [-0.25, -0.2) is 0 Å². The van der Waals surface area contributed by atoms with Crippen LogP contribution in [0.25, 0.3) is 0 Å². The molecule has 0 aromatic heterocycles. The fraction of sp³-hybridized carbons (Fsp3) is 0.588. The molecule has 1 aromatic carbocycles. The van der Waals surface area contributed by atoms with Gasteiger partial charge in [-0.2, -0.15) is 0 Å². The zero-order valence-corrected chi connectivity index (χ0v) is 12.2. The number of fused-ring (bicyclic) bond motifs is 1. The lowest BCUT2D eigenvalue weighted by atomic mass is 10.0. The Balaban J connectivity index is 1.74. The first kappa shape index (κ1) is 13.6. The maximum atomic E-state index is 12.8. The van der Waals surface area contributed by atoms with Gasteiger partial charge in [0, 0.05) is 24.7 Å². The van der Waals surface area contributed by atoms with Crippen molar-refractivity contribution in [3.8, 4) is 0 Å². The van der Waals surface area contributed by atoms with Crippen molar-refractivity contribution in [2.45, 2.75) is 39.2 Å². The van der Waals surface area contributed by atoms with Gasteiger partial charge in [0.15, 0.2) is 0 Å². The highest BCUT2D eigenvalue weighted by Gasteiger charge is 2.48. The Labute approximate surface area is 121 Å². The molecule has 3 heteroatoms. The van der Waals surface area contributed by atoms with Crippen LogP contribution >= 0.6 is 0 Å². The summed E-state index contributed by atoms with van der Waals surface area (Å²) in [6.45, 7) is 3.49. The molecule has 2 unspecified atom stereocenters. The van der Waals surface area contributed by atoms with Crippen molar-refractivity contribution in [3.63, 3.8) is 0 Å². The first-order valence-electron chi connectivity index (χ1n) is 7.83. The van der Waals surface area contributed by atoms with Crippen molar-refractivity contribution in [2.75, 3.05) is 11.4 Å². The summed E-state index contributed by atoms with van der Waals surface area (Å²) in [7, 11) is 0. The first-order chi connectivity index (χ1) is 9.72. The molecule has 1 aromatic rings. The smallest absolute Gasteiger partial charge is 0.230 e. The Morgan fingerprint density at radius 2 is 1.85 bits per heavy atom. The average Bonchev–Trinajstić information content (AvgIpc) is 3.10. The fourth-order valence-electron chi connectivity index (χ4n) is 3.54. The van der Waals surface area contributed by atoms with Crippen LogP contribution in [0.5, 0.6) is 0 Å². The Hall–Kier alpha value is -1.35. The lowest BCUT2D eigenvalue weighted by Gasteiger charge is -2.26. The van der Waals surface area contributed by atoms with Gasteiger partial charge in [0.25, 0.3) is 0 Å². The molecule has 0 heterocycles. The summed E-state index contributed by atoms with van der Waals surface area (Å²) in [4.78, 5) is 14.7. The van der Waals surface area contributed by atoms with Gasteiger partial charge in [0.2, 0.25) is 5.91 Å². The zero-order valence-electron chi connectivity index (χ0n) is 12.2. The number of carbonyl (C=O) groups is 1. The average molecular weight is 272 g/mol. The third kappa shape index (κ3) is 2.59. The van der Waals surface area contributed by atoms with E-state index < -0.39 is 0 Å². The normalized spacial score (nSPS) is 27.2. The third-order valence-electron chi connectivity index (χ3n) is 4.79. The second kappa shape index (κ2) is 5.57. The summed E-state index contributed by atoms with van der Waals surface area (Å²) in [6.07, 6.45) is 4.59. The Bertz CT molecular complexity index is 472. The monoisotopic (exact) mass is 272 g/mol. The number of nitrogens with zero attached hydrogens (tertiary/aromatic N) is 1. The van der Waals surface area contributed by atoms with Crippen LogP contribution in [0, 0.1) is 17.8 Å². The molecule has 0 aliphatic heterocycles. The molecule has 2 aliphatic carbocycles. The van der Waals surface area contributed by atoms with Crippen LogP contribution in [-0.4, -0.2) is 12.5 Å². The van der Waals surface area contributed by atoms with Crippen molar-refractivity contribution >= 4 is 11.6 Å². The predicted molar refractivity (Wildman–Crippen MR) is 81.3 cm³/mol. The van der Waals surface area contributed by atoms with Gasteiger partial charge in [-0.1, -0.05) is 19.1 Å². The van der Waals surface area contributed by atoms with Crippen LogP contribution in [0.3, 0.4) is 0 Å². The lowest BCUT2D eigenvalue weighted by Crippen LogP contribution is -2.36. The molecule has 0 saturated heterocycles. The maximum absolute atomic E-state index is 12.8. The summed E-state index contributed by atoms with van der Waals surface area (Å²) in [5, 5.41) is 0. The highest BCUT2D eigenvalue weighted by Crippen LogP contribution is 2.54. The van der Waals surface area contributed by atoms with E-state index in [1.807, 2.05) is 29.2 Å². The van der Waals surface area contributed by atoms with E-state index in [-0.39, 0.29) is 5.92 Å². The number of benzene rings is 1. The second-order valence-corrected chi connectivity index (χ2v) is 6.28. The first-order valence-corrected chi connectivity index (χ1v) is 7.83. The van der Waals surface area contributed by atoms with Crippen LogP contribution in [0.4, 0.5) is 5.69 Å². The summed E-state index contributed by atoms with van der Waals surface area (Å²) in [6, 6.07) is 8.12. The van der Waals surface area contributed by atoms with E-state index in [9.17, 15) is 4.79 Å². The van der Waals surface area contributed by atoms with Crippen molar-refractivity contribution in [1.82, 2.24) is 0 Å². The molecule has 2 N–H and O–H groups in total. The second-order valence-electron chi connectivity index (χ2n) is 6.28. The summed E-state index contributed by atoms with van der Waals surface area (Å²) >= 11 is 0. The highest BCUT2D eigenvalue weighted by atomic mass is 16.2. The van der Waals surface area contributed by atoms with E-state index in [1.54, 1.807) is 0 Å². The number of hydrogen-bond donors (Lipinski definition) is 1. The molecule has 2 atom stereocenters. The molecule has 2 aliphatic rings. The molecule has 0 radical (unpaired) electrons. The van der Waals surface area contributed by atoms with E-state index in [4.69, 9.17) is 5.73 Å². The van der Waals surface area contributed by atoms with E-state index in [0.717, 1.165) is 48.9 Å². The molecule has 2 fully saturated rings. The van der Waals surface area contributed by atoms with Crippen LogP contribution in [-0.2, 0) is 11.3 Å². The van der Waals surface area contributed by atoms with E-state index >= 15 is 0 Å². The minimum Gasteiger partial charge on any atom is -0.326 e. The fourth-order valence-corrected chi connectivity index (χ4v) is 3.54. The van der Waals surface area contributed by atoms with Gasteiger partial charge in [0.05, 0.1) is 0 Å². The van der Waals surface area contributed by atoms with Gasteiger partial charge in [-0.05, 0) is 55.2 Å². The minimum atomic E-state index is 0.263. The largest absolute Gasteiger partial charge is 0.326 e. The number of carbonyl (C=O) groups excluding carboxylic acids is 1. The van der Waals surface area contributed by atoms with E-state index in [2.05, 4.69) is 6.92 Å². The molecule has 108 valence electrons. The number of rotatable bonds is 5. The molecule has 2 saturated carbocycles. The van der Waals surface area contributed by atoms with Crippen LogP contribution in [0.1, 0.15) is 38.2 Å². The molecule has 3 nitrogen and oxygen atoms in total. The molecule has 3 rings (SSSR count). The Morgan fingerprint density at radius 3 is 2.40 bits per heavy atom. The number of nitrogens with two attached hydrogens (primary N) is 1. The van der Waals surface area contributed by atoms with Crippen molar-refractivity contribution in [3.05, 3.63) is 29.8 Å². The standard InChI is InChI=1S/C17H24N2O/c1-2-7-19(16-5-3-12(11-18)4-6-16)17(20)15-9-13-8-14(13)10-15/h3-6,13-15H,2,7-11,18H2,1H3. The van der Waals surface area contributed by atoms with Crippen molar-refractivity contribution < 1.29 is 4.79 Å². The van der Waals surface area contributed by atoms with Gasteiger partial charge in [-0.3, -0.25) is 4.79 Å². The maximum Gasteiger partial charge on any atom is 0.230 e. The van der Waals surface area contributed by atoms with Gasteiger partial charge >= 0.3 is 0 Å². The Kier molecular flexibility index (Phi) is 3.79. The number of anilines is 1. The van der Waals surface area contributed by atoms with Crippen LogP contribution < -0.4 is 10.6 Å². The summed E-state index contributed by atoms with van der Waals surface area (Å²) in [5.41, 5.74) is 7.77. The van der Waals surface area contributed by atoms with E-state index in [0.29, 0.717) is 12.5 Å². The van der Waals surface area contributed by atoms with Gasteiger partial charge in [0.1, 0.15) is 0 Å². The van der Waals surface area contributed by atoms with Crippen molar-refractivity contribution in [1.29, 1.82) is 0 Å². The SMILES string of the molecule is CCCN(C(=O)C1CC2CC2C1)c1ccc(CN)cc1. The minimum absolute atomic E-state index is 0.263. The lowest BCUT2D eigenvalue weighted by molar-refractivity contribution is -0.122. The quantitative estimate of drug-likeness (QED) is 0.895. The summed E-state index contributed by atoms with van der Waals surface area (Å²) < 4.78 is 0. The topological polar surface area (TPSA) is 46.3 Å². The zero-order chi connectivity index (χ0) is 14.1. The van der Waals surface area contributed by atoms with Crippen LogP contribution in [0.2, 0.25) is 0 Å². The summed E-state index contributed by atoms with van der Waals surface area (Å²) in [5.74, 6) is 2.30. The predicted octanol–water partition coefficient (Wildman–Crippen LogP) is 2.93. The van der Waals surface area contributed by atoms with Crippen molar-refractivity contribution in [2.24, 2.45) is 23.5 Å². The number of amides is 1. The molecule has 0 spiro atoms. The Morgan fingerprint density at radius 1 is 1.20 bits per heavy atom. The molecular formula is C17H24N2O. The molecule has 0 bridgehead atoms. The van der Waals surface area contributed by atoms with E-state index in [1.165, 1.54) is 6.42 Å². The third-order valence-corrected chi connectivity index (χ3v) is 4.79. The van der Waals surface area contributed by atoms with Crippen LogP contribution in [0.15, 0.2) is 24.3 Å². The molecule has 1 amide bonds. The molecular weight excluding hydrogens is 248 g/mol.